The molecule has 5 atom stereocenters. The molecule has 2 aromatic rings. The monoisotopic (exact) mass is 693 g/mol. The molecule has 1 aliphatic rings. The van der Waals surface area contributed by atoms with Crippen molar-refractivity contribution in [1.82, 2.24) is 25.9 Å². The molecule has 50 heavy (non-hydrogen) atoms. The van der Waals surface area contributed by atoms with Crippen LogP contribution in [0.5, 0.6) is 0 Å². The van der Waals surface area contributed by atoms with Crippen molar-refractivity contribution in [2.24, 2.45) is 29.1 Å². The summed E-state index contributed by atoms with van der Waals surface area (Å²) < 4.78 is 0. The summed E-state index contributed by atoms with van der Waals surface area (Å²) in [4.78, 5) is 61.8. The number of hydrogen-bond donors (Lipinski definition) is 5. The number of hydrogen-bond acceptors (Lipinski definition) is 6. The molecule has 10 heteroatoms. The van der Waals surface area contributed by atoms with Crippen LogP contribution in [0.15, 0.2) is 42.9 Å². The Bertz CT molecular complexity index is 1320. The number of aliphatic hydroxyl groups is 1. The zero-order valence-corrected chi connectivity index (χ0v) is 31.3. The number of ketones is 1. The van der Waals surface area contributed by atoms with Gasteiger partial charge >= 0.3 is 0 Å². The fourth-order valence-electron chi connectivity index (χ4n) is 6.80. The van der Waals surface area contributed by atoms with Crippen molar-refractivity contribution in [3.8, 4) is 0 Å². The van der Waals surface area contributed by atoms with E-state index in [0.29, 0.717) is 31.0 Å². The van der Waals surface area contributed by atoms with Crippen molar-refractivity contribution in [2.45, 2.75) is 137 Å². The van der Waals surface area contributed by atoms with Crippen molar-refractivity contribution >= 4 is 23.5 Å². The number of rotatable bonds is 20. The third-order valence-corrected chi connectivity index (χ3v) is 10.1. The van der Waals surface area contributed by atoms with Gasteiger partial charge in [-0.05, 0) is 43.1 Å². The topological polar surface area (TPSA) is 153 Å². The molecule has 0 saturated heterocycles. The van der Waals surface area contributed by atoms with E-state index in [9.17, 15) is 24.3 Å². The average Bonchev–Trinajstić information content (AvgIpc) is 3.59. The lowest BCUT2D eigenvalue weighted by Crippen LogP contribution is -2.55. The summed E-state index contributed by atoms with van der Waals surface area (Å²) in [5.74, 6) is -1.64. The molecule has 1 fully saturated rings. The lowest BCUT2D eigenvalue weighted by Gasteiger charge is -2.33. The Morgan fingerprint density at radius 1 is 0.960 bits per heavy atom. The first kappa shape index (κ1) is 40.9. The molecule has 1 saturated carbocycles. The Kier molecular flexibility index (Phi) is 16.6. The Hall–Kier alpha value is -3.53. The van der Waals surface area contributed by atoms with Gasteiger partial charge in [-0.2, -0.15) is 0 Å². The van der Waals surface area contributed by atoms with Gasteiger partial charge in [-0.1, -0.05) is 110 Å². The highest BCUT2D eigenvalue weighted by atomic mass is 16.3. The summed E-state index contributed by atoms with van der Waals surface area (Å²) >= 11 is 0. The minimum absolute atomic E-state index is 0.00193. The molecule has 1 aliphatic carbocycles. The smallest absolute Gasteiger partial charge is 0.243 e. The number of imidazole rings is 1. The number of Topliss-reactive ketones (excluding diaryl/α,β-unsaturated/α-hetero) is 1. The molecule has 3 rings (SSSR count). The predicted octanol–water partition coefficient (Wildman–Crippen LogP) is 5.70. The summed E-state index contributed by atoms with van der Waals surface area (Å²) in [6, 6.07) is 8.00. The van der Waals surface area contributed by atoms with E-state index in [1.54, 1.807) is 6.20 Å². The molecule has 278 valence electrons. The van der Waals surface area contributed by atoms with Gasteiger partial charge in [-0.15, -0.1) is 0 Å². The number of nitrogens with one attached hydrogen (secondary N) is 4. The van der Waals surface area contributed by atoms with Crippen LogP contribution in [0.3, 0.4) is 0 Å². The molecule has 0 spiro atoms. The molecular weight excluding hydrogens is 630 g/mol. The molecule has 1 aromatic heterocycles. The first-order chi connectivity index (χ1) is 23.8. The predicted molar refractivity (Wildman–Crippen MR) is 197 cm³/mol. The maximum Gasteiger partial charge on any atom is 0.243 e. The summed E-state index contributed by atoms with van der Waals surface area (Å²) in [6.45, 7) is 12.2. The second kappa shape index (κ2) is 20.4. The van der Waals surface area contributed by atoms with Crippen molar-refractivity contribution in [3.63, 3.8) is 0 Å². The molecule has 0 bridgehead atoms. The number of aromatic amines is 1. The van der Waals surface area contributed by atoms with Crippen molar-refractivity contribution in [2.75, 3.05) is 6.54 Å². The zero-order chi connectivity index (χ0) is 36.7. The normalized spacial score (nSPS) is 17.0. The molecule has 2 unspecified atom stereocenters. The quantitative estimate of drug-likeness (QED) is 0.112. The maximum atomic E-state index is 14.2. The molecule has 0 radical (unpaired) electrons. The fourth-order valence-corrected chi connectivity index (χ4v) is 6.80. The van der Waals surface area contributed by atoms with Crippen LogP contribution < -0.4 is 16.0 Å². The number of unbranched alkanes of at least 4 members (excludes halogenated alkanes) is 1. The average molecular weight is 694 g/mol. The van der Waals surface area contributed by atoms with E-state index in [1.165, 1.54) is 12.7 Å². The molecule has 10 nitrogen and oxygen atoms in total. The summed E-state index contributed by atoms with van der Waals surface area (Å²) in [5.41, 5.74) is 0.979. The Labute approximate surface area is 299 Å². The highest BCUT2D eigenvalue weighted by Gasteiger charge is 2.35. The standard InChI is InChI=1S/C40H63N5O5/c1-7-8-19-42-38(49)32(27(2)3)24-35(46)33(21-29-17-13-10-14-18-29)44-39(50)34(23-31-25-41-26-43-31)45-37(48)30(22-36(47)40(4,5)6)20-28-15-11-9-12-16-28/h9,11-12,15-16,25-27,29-30,32-35,46H,7-8,10,13-14,17-24H2,1-6H3,(H,41,43)(H,42,49)(H,44,50)(H,45,48)/t30?,32-,33-,34-,35?/m0/s1. The van der Waals surface area contributed by atoms with Crippen LogP contribution in [0, 0.1) is 29.1 Å². The number of aromatic nitrogens is 2. The third-order valence-electron chi connectivity index (χ3n) is 10.1. The Balaban J connectivity index is 1.86. The largest absolute Gasteiger partial charge is 0.391 e. The first-order valence-corrected chi connectivity index (χ1v) is 18.9. The van der Waals surface area contributed by atoms with Gasteiger partial charge < -0.3 is 26.0 Å². The minimum Gasteiger partial charge on any atom is -0.391 e. The van der Waals surface area contributed by atoms with E-state index in [0.717, 1.165) is 44.1 Å². The van der Waals surface area contributed by atoms with Crippen LogP contribution in [-0.2, 0) is 32.0 Å². The van der Waals surface area contributed by atoms with Gasteiger partial charge in [0.2, 0.25) is 17.7 Å². The number of H-pyrrole nitrogens is 1. The Morgan fingerprint density at radius 2 is 1.66 bits per heavy atom. The van der Waals surface area contributed by atoms with E-state index >= 15 is 0 Å². The SMILES string of the molecule is CCCCNC(=O)[C@@H](CC(O)[C@H](CC1CCCCC1)NC(=O)[C@H](Cc1cnc[nH]1)NC(=O)C(CC(=O)C(C)(C)C)Cc1ccccc1)C(C)C. The van der Waals surface area contributed by atoms with Crippen LogP contribution in [0.1, 0.15) is 117 Å². The summed E-state index contributed by atoms with van der Waals surface area (Å²) in [6.07, 6.45) is 10.9. The second-order valence-corrected chi connectivity index (χ2v) is 15.8. The van der Waals surface area contributed by atoms with Gasteiger partial charge in [0.25, 0.3) is 0 Å². The van der Waals surface area contributed by atoms with Gasteiger partial charge in [0.15, 0.2) is 0 Å². The van der Waals surface area contributed by atoms with Crippen molar-refractivity contribution in [3.05, 3.63) is 54.1 Å². The highest BCUT2D eigenvalue weighted by Crippen LogP contribution is 2.30. The van der Waals surface area contributed by atoms with E-state index in [2.05, 4.69) is 32.8 Å². The second-order valence-electron chi connectivity index (χ2n) is 15.8. The lowest BCUT2D eigenvalue weighted by molar-refractivity contribution is -0.135. The molecule has 1 heterocycles. The van der Waals surface area contributed by atoms with E-state index in [-0.39, 0.29) is 42.8 Å². The van der Waals surface area contributed by atoms with Gasteiger partial charge in [0.05, 0.1) is 18.5 Å². The number of carbonyl (C=O) groups is 4. The van der Waals surface area contributed by atoms with Crippen molar-refractivity contribution < 1.29 is 24.3 Å². The number of nitrogens with zero attached hydrogens (tertiary/aromatic N) is 1. The number of carbonyl (C=O) groups excluding carboxylic acids is 4. The summed E-state index contributed by atoms with van der Waals surface area (Å²) in [5, 5.41) is 20.9. The minimum atomic E-state index is -0.981. The molecule has 0 aliphatic heterocycles. The zero-order valence-electron chi connectivity index (χ0n) is 31.3. The van der Waals surface area contributed by atoms with Crippen LogP contribution >= 0.6 is 0 Å². The van der Waals surface area contributed by atoms with Crippen molar-refractivity contribution in [1.29, 1.82) is 0 Å². The van der Waals surface area contributed by atoms with Gasteiger partial charge in [0.1, 0.15) is 11.8 Å². The highest BCUT2D eigenvalue weighted by molar-refractivity contribution is 5.92. The Morgan fingerprint density at radius 3 is 2.26 bits per heavy atom. The molecule has 3 amide bonds. The molecule has 5 N–H and O–H groups in total. The number of amides is 3. The molecule has 1 aromatic carbocycles. The number of aliphatic hydroxyl groups excluding tert-OH is 1. The lowest BCUT2D eigenvalue weighted by atomic mass is 9.81. The van der Waals surface area contributed by atoms with Gasteiger partial charge in [-0.3, -0.25) is 19.2 Å². The van der Waals surface area contributed by atoms with Crippen LogP contribution in [0.2, 0.25) is 0 Å². The van der Waals surface area contributed by atoms with E-state index in [4.69, 9.17) is 0 Å². The maximum absolute atomic E-state index is 14.2. The third kappa shape index (κ3) is 13.6. The fraction of sp³-hybridized carbons (Fsp3) is 0.675. The van der Waals surface area contributed by atoms with Crippen LogP contribution in [0.25, 0.3) is 0 Å². The van der Waals surface area contributed by atoms with E-state index < -0.39 is 41.3 Å². The molecular formula is C40H63N5O5. The number of benzene rings is 1. The van der Waals surface area contributed by atoms with Gasteiger partial charge in [0, 0.05) is 48.5 Å². The van der Waals surface area contributed by atoms with Gasteiger partial charge in [-0.25, -0.2) is 4.98 Å². The first-order valence-electron chi connectivity index (χ1n) is 18.9. The van der Waals surface area contributed by atoms with Crippen LogP contribution in [-0.4, -0.2) is 63.3 Å². The van der Waals surface area contributed by atoms with E-state index in [1.807, 2.05) is 65.0 Å². The van der Waals surface area contributed by atoms with Crippen LogP contribution in [0.4, 0.5) is 0 Å². The summed E-state index contributed by atoms with van der Waals surface area (Å²) in [7, 11) is 0.